The lowest BCUT2D eigenvalue weighted by Crippen LogP contribution is -2.55. The molecule has 0 radical (unpaired) electrons. The Hall–Kier alpha value is -1.26. The molecule has 2 fully saturated rings. The number of rotatable bonds is 2. The van der Waals surface area contributed by atoms with Crippen LogP contribution in [-0.4, -0.2) is 24.1 Å². The number of fused-ring (bicyclic) bond motifs is 3. The van der Waals surface area contributed by atoms with Gasteiger partial charge < -0.3 is 15.8 Å². The summed E-state index contributed by atoms with van der Waals surface area (Å²) in [5, 5.41) is 3.30. The first-order valence-electron chi connectivity index (χ1n) is 8.51. The van der Waals surface area contributed by atoms with Crippen LogP contribution in [0.4, 0.5) is 0 Å². The first-order valence-corrected chi connectivity index (χ1v) is 8.51. The molecule has 3 N–H and O–H groups in total. The smallest absolute Gasteiger partial charge is 0.261 e. The zero-order valence-electron chi connectivity index (χ0n) is 13.2. The largest absolute Gasteiger partial charge is 0.480 e. The molecule has 4 nitrogen and oxygen atoms in total. The van der Waals surface area contributed by atoms with E-state index >= 15 is 0 Å². The highest BCUT2D eigenvalue weighted by molar-refractivity contribution is 5.85. The monoisotopic (exact) mass is 336 g/mol. The van der Waals surface area contributed by atoms with Gasteiger partial charge in [-0.15, -0.1) is 12.4 Å². The predicted octanol–water partition coefficient (Wildman–Crippen LogP) is 2.43. The highest BCUT2D eigenvalue weighted by atomic mass is 35.5. The van der Waals surface area contributed by atoms with Crippen molar-refractivity contribution in [2.24, 2.45) is 17.6 Å². The number of amides is 1. The average molecular weight is 337 g/mol. The summed E-state index contributed by atoms with van der Waals surface area (Å²) in [6, 6.07) is 8.54. The molecule has 1 aliphatic heterocycles. The standard InChI is InChI=1S/C18H24N2O2.ClH/c19-14-8-12-5-3-6-13(9-14)17(12)20-18(21)16-10-11-4-1-2-7-15(11)22-16;/h1-2,4,7,12-14,16-17H,3,5-6,8-10,19H2,(H,20,21);1H. The van der Waals surface area contributed by atoms with Crippen LogP contribution in [0.1, 0.15) is 37.7 Å². The first kappa shape index (κ1) is 16.6. The number of nitrogens with one attached hydrogen (secondary N) is 1. The van der Waals surface area contributed by atoms with Crippen molar-refractivity contribution in [1.82, 2.24) is 5.32 Å². The lowest BCUT2D eigenvalue weighted by molar-refractivity contribution is -0.129. The Kier molecular flexibility index (Phi) is 4.83. The van der Waals surface area contributed by atoms with Gasteiger partial charge in [-0.1, -0.05) is 24.6 Å². The zero-order chi connectivity index (χ0) is 15.1. The van der Waals surface area contributed by atoms with E-state index in [0.717, 1.165) is 24.2 Å². The summed E-state index contributed by atoms with van der Waals surface area (Å²) < 4.78 is 5.82. The zero-order valence-corrected chi connectivity index (χ0v) is 14.1. The molecule has 3 unspecified atom stereocenters. The summed E-state index contributed by atoms with van der Waals surface area (Å²) in [6.07, 6.45) is 6.08. The van der Waals surface area contributed by atoms with Gasteiger partial charge in [0.2, 0.25) is 0 Å². The van der Waals surface area contributed by atoms with Crippen molar-refractivity contribution >= 4 is 18.3 Å². The van der Waals surface area contributed by atoms with E-state index < -0.39 is 0 Å². The molecule has 2 bridgehead atoms. The van der Waals surface area contributed by atoms with E-state index in [2.05, 4.69) is 5.32 Å². The molecule has 1 heterocycles. The summed E-state index contributed by atoms with van der Waals surface area (Å²) in [5.74, 6) is 2.01. The van der Waals surface area contributed by atoms with Crippen molar-refractivity contribution in [3.8, 4) is 5.75 Å². The summed E-state index contributed by atoms with van der Waals surface area (Å²) in [7, 11) is 0. The van der Waals surface area contributed by atoms with Gasteiger partial charge in [0.1, 0.15) is 5.75 Å². The number of carbonyl (C=O) groups is 1. The fraction of sp³-hybridized carbons (Fsp3) is 0.611. The Bertz CT molecular complexity index is 541. The van der Waals surface area contributed by atoms with Gasteiger partial charge in [-0.25, -0.2) is 0 Å². The Balaban J connectivity index is 0.00000156. The maximum atomic E-state index is 12.6. The van der Waals surface area contributed by atoms with E-state index in [1.165, 1.54) is 19.3 Å². The number of benzene rings is 1. The second-order valence-electron chi connectivity index (χ2n) is 7.14. The normalized spacial score (nSPS) is 34.7. The molecule has 1 amide bonds. The van der Waals surface area contributed by atoms with Crippen LogP contribution in [0.15, 0.2) is 24.3 Å². The number of para-hydroxylation sites is 1. The first-order chi connectivity index (χ1) is 10.7. The molecule has 4 rings (SSSR count). The van der Waals surface area contributed by atoms with Gasteiger partial charge in [-0.05, 0) is 49.1 Å². The minimum absolute atomic E-state index is 0. The van der Waals surface area contributed by atoms with Gasteiger partial charge in [-0.2, -0.15) is 0 Å². The van der Waals surface area contributed by atoms with Crippen molar-refractivity contribution < 1.29 is 9.53 Å². The molecule has 0 spiro atoms. The van der Waals surface area contributed by atoms with Crippen LogP contribution >= 0.6 is 12.4 Å². The third-order valence-electron chi connectivity index (χ3n) is 5.63. The number of hydrogen-bond donors (Lipinski definition) is 2. The van der Waals surface area contributed by atoms with Crippen LogP contribution in [0.2, 0.25) is 0 Å². The van der Waals surface area contributed by atoms with E-state index in [9.17, 15) is 4.79 Å². The fourth-order valence-corrected chi connectivity index (χ4v) is 4.61. The number of carbonyl (C=O) groups excluding carboxylic acids is 1. The van der Waals surface area contributed by atoms with Gasteiger partial charge in [0, 0.05) is 18.5 Å². The van der Waals surface area contributed by atoms with Crippen LogP contribution < -0.4 is 15.8 Å². The minimum atomic E-state index is -0.367. The molecular weight excluding hydrogens is 312 g/mol. The summed E-state index contributed by atoms with van der Waals surface area (Å²) in [6.45, 7) is 0. The predicted molar refractivity (Wildman–Crippen MR) is 91.8 cm³/mol. The van der Waals surface area contributed by atoms with Gasteiger partial charge in [0.25, 0.3) is 5.91 Å². The number of ether oxygens (including phenoxy) is 1. The van der Waals surface area contributed by atoms with Crippen molar-refractivity contribution in [2.45, 2.75) is 56.7 Å². The molecular formula is C18H25ClN2O2. The van der Waals surface area contributed by atoms with E-state index in [1.807, 2.05) is 24.3 Å². The van der Waals surface area contributed by atoms with E-state index in [0.29, 0.717) is 30.3 Å². The van der Waals surface area contributed by atoms with E-state index in [1.54, 1.807) is 0 Å². The average Bonchev–Trinajstić information content (AvgIpc) is 2.92. The number of nitrogens with two attached hydrogens (primary N) is 1. The molecule has 2 saturated carbocycles. The molecule has 3 atom stereocenters. The molecule has 0 aromatic heterocycles. The highest BCUT2D eigenvalue weighted by Crippen LogP contribution is 2.40. The third kappa shape index (κ3) is 3.20. The fourth-order valence-electron chi connectivity index (χ4n) is 4.61. The maximum Gasteiger partial charge on any atom is 0.261 e. The van der Waals surface area contributed by atoms with Crippen LogP contribution in [0.25, 0.3) is 0 Å². The summed E-state index contributed by atoms with van der Waals surface area (Å²) >= 11 is 0. The van der Waals surface area contributed by atoms with Crippen molar-refractivity contribution in [3.63, 3.8) is 0 Å². The van der Waals surface area contributed by atoms with Crippen molar-refractivity contribution in [2.75, 3.05) is 0 Å². The Morgan fingerprint density at radius 1 is 1.17 bits per heavy atom. The Morgan fingerprint density at radius 3 is 2.57 bits per heavy atom. The molecule has 5 heteroatoms. The van der Waals surface area contributed by atoms with Gasteiger partial charge in [0.15, 0.2) is 6.10 Å². The van der Waals surface area contributed by atoms with Crippen LogP contribution in [0.3, 0.4) is 0 Å². The lowest BCUT2D eigenvalue weighted by Gasteiger charge is -2.45. The van der Waals surface area contributed by atoms with Crippen LogP contribution in [-0.2, 0) is 11.2 Å². The second-order valence-corrected chi connectivity index (χ2v) is 7.14. The molecule has 23 heavy (non-hydrogen) atoms. The van der Waals surface area contributed by atoms with Gasteiger partial charge in [0.05, 0.1) is 0 Å². The van der Waals surface area contributed by atoms with Crippen LogP contribution in [0, 0.1) is 11.8 Å². The van der Waals surface area contributed by atoms with Crippen LogP contribution in [0.5, 0.6) is 5.75 Å². The minimum Gasteiger partial charge on any atom is -0.480 e. The molecule has 2 aliphatic carbocycles. The molecule has 126 valence electrons. The quantitative estimate of drug-likeness (QED) is 0.871. The topological polar surface area (TPSA) is 64.3 Å². The van der Waals surface area contributed by atoms with Crippen molar-refractivity contribution in [3.05, 3.63) is 29.8 Å². The Labute approximate surface area is 143 Å². The second kappa shape index (κ2) is 6.70. The number of halogens is 1. The maximum absolute atomic E-state index is 12.6. The summed E-state index contributed by atoms with van der Waals surface area (Å²) in [4.78, 5) is 12.6. The summed E-state index contributed by atoms with van der Waals surface area (Å²) in [5.41, 5.74) is 7.29. The lowest BCUT2D eigenvalue weighted by atomic mass is 9.67. The molecule has 1 aromatic rings. The molecule has 1 aromatic carbocycles. The van der Waals surface area contributed by atoms with Gasteiger partial charge >= 0.3 is 0 Å². The number of hydrogen-bond acceptors (Lipinski definition) is 3. The molecule has 0 saturated heterocycles. The van der Waals surface area contributed by atoms with E-state index in [-0.39, 0.29) is 24.4 Å². The van der Waals surface area contributed by atoms with Gasteiger partial charge in [-0.3, -0.25) is 4.79 Å². The van der Waals surface area contributed by atoms with Crippen molar-refractivity contribution in [1.29, 1.82) is 0 Å². The van der Waals surface area contributed by atoms with E-state index in [4.69, 9.17) is 10.5 Å². The molecule has 3 aliphatic rings. The SMILES string of the molecule is Cl.NC1CC2CCCC(C1)C2NC(=O)C1Cc2ccccc2O1. The Morgan fingerprint density at radius 2 is 1.87 bits per heavy atom. The highest BCUT2D eigenvalue weighted by Gasteiger charge is 2.41. The third-order valence-corrected chi connectivity index (χ3v) is 5.63.